The average Bonchev–Trinajstić information content (AvgIpc) is 3.32. The number of esters is 1. The van der Waals surface area contributed by atoms with Gasteiger partial charge >= 0.3 is 18.1 Å². The molecular weight excluding hydrogens is 497 g/mol. The molecule has 2 aromatic carbocycles. The number of nitrogens with zero attached hydrogens (tertiary/aromatic N) is 1. The Balaban J connectivity index is 0.000000479. The topological polar surface area (TPSA) is 122 Å². The molecule has 9 nitrogen and oxygen atoms in total. The number of carbonyl (C=O) groups is 4. The first-order chi connectivity index (χ1) is 17.3. The van der Waals surface area contributed by atoms with E-state index in [2.05, 4.69) is 5.32 Å². The number of carboxylic acids is 1. The Kier molecular flexibility index (Phi) is 7.63. The number of carboxylic acid groups (broad SMARTS) is 1. The van der Waals surface area contributed by atoms with E-state index in [4.69, 9.17) is 19.4 Å². The molecule has 2 N–H and O–H groups in total. The lowest BCUT2D eigenvalue weighted by Crippen LogP contribution is -2.53. The quantitative estimate of drug-likeness (QED) is 0.465. The van der Waals surface area contributed by atoms with Crippen molar-refractivity contribution in [3.05, 3.63) is 54.1 Å². The van der Waals surface area contributed by atoms with Gasteiger partial charge in [-0.1, -0.05) is 36.4 Å². The maximum Gasteiger partial charge on any atom is 0.490 e. The van der Waals surface area contributed by atoms with Crippen molar-refractivity contribution in [2.75, 3.05) is 21.3 Å². The molecule has 12 heteroatoms. The van der Waals surface area contributed by atoms with Crippen LogP contribution in [0.5, 0.6) is 5.75 Å². The minimum atomic E-state index is -5.08. The van der Waals surface area contributed by atoms with E-state index in [9.17, 15) is 27.6 Å². The number of benzene rings is 2. The summed E-state index contributed by atoms with van der Waals surface area (Å²) in [6, 6.07) is 15.0. The van der Waals surface area contributed by atoms with Crippen LogP contribution >= 0.6 is 0 Å². The first-order valence-corrected chi connectivity index (χ1v) is 11.0. The lowest BCUT2D eigenvalue weighted by atomic mass is 9.80. The number of hydrogen-bond acceptors (Lipinski definition) is 7. The molecule has 0 bridgehead atoms. The molecule has 4 atom stereocenters. The van der Waals surface area contributed by atoms with Crippen molar-refractivity contribution in [3.8, 4) is 16.9 Å². The number of imide groups is 1. The highest BCUT2D eigenvalue weighted by Gasteiger charge is 2.66. The normalized spacial score (nSPS) is 24.7. The van der Waals surface area contributed by atoms with Crippen LogP contribution in [0.3, 0.4) is 0 Å². The van der Waals surface area contributed by atoms with Crippen LogP contribution in [0.1, 0.15) is 18.5 Å². The number of methoxy groups -OCH3 is 2. The molecule has 0 radical (unpaired) electrons. The van der Waals surface area contributed by atoms with Gasteiger partial charge < -0.3 is 14.6 Å². The molecule has 4 rings (SSSR count). The minimum absolute atomic E-state index is 0.283. The monoisotopic (exact) mass is 522 g/mol. The smallest absolute Gasteiger partial charge is 0.490 e. The number of fused-ring (bicyclic) bond motifs is 1. The van der Waals surface area contributed by atoms with Crippen molar-refractivity contribution in [1.29, 1.82) is 0 Å². The molecule has 37 heavy (non-hydrogen) atoms. The number of nitrogens with one attached hydrogen (secondary N) is 1. The van der Waals surface area contributed by atoms with Crippen LogP contribution in [0.4, 0.5) is 13.2 Å². The van der Waals surface area contributed by atoms with Crippen LogP contribution in [0.2, 0.25) is 0 Å². The molecule has 0 saturated carbocycles. The van der Waals surface area contributed by atoms with Crippen molar-refractivity contribution >= 4 is 23.8 Å². The highest BCUT2D eigenvalue weighted by molar-refractivity contribution is 6.09. The SMILES string of the molecule is COC(=O)[C@]1(C)NC(c2ccc(-c3ccc(OC)cc3)cc2)C2C(=O)N(C)C(=O)C21.O=C(O)C(F)(F)F. The number of aliphatic carboxylic acids is 1. The molecule has 2 aromatic rings. The summed E-state index contributed by atoms with van der Waals surface area (Å²) in [4.78, 5) is 48.1. The molecule has 0 spiro atoms. The fourth-order valence-electron chi connectivity index (χ4n) is 4.64. The second-order valence-corrected chi connectivity index (χ2v) is 8.71. The van der Waals surface area contributed by atoms with Gasteiger partial charge in [-0.2, -0.15) is 13.2 Å². The Morgan fingerprint density at radius 2 is 1.46 bits per heavy atom. The van der Waals surface area contributed by atoms with Crippen LogP contribution in [-0.2, 0) is 23.9 Å². The fraction of sp³-hybridized carbons (Fsp3) is 0.360. The predicted octanol–water partition coefficient (Wildman–Crippen LogP) is 2.80. The predicted molar refractivity (Wildman–Crippen MR) is 123 cm³/mol. The number of ether oxygens (including phenoxy) is 2. The maximum atomic E-state index is 12.8. The van der Waals surface area contributed by atoms with Crippen molar-refractivity contribution in [2.45, 2.75) is 24.7 Å². The molecule has 0 aromatic heterocycles. The van der Waals surface area contributed by atoms with E-state index in [0.717, 1.165) is 27.3 Å². The molecule has 0 aliphatic carbocycles. The van der Waals surface area contributed by atoms with Crippen molar-refractivity contribution in [3.63, 3.8) is 0 Å². The molecular formula is C25H25F3N2O7. The zero-order valence-electron chi connectivity index (χ0n) is 20.3. The van der Waals surface area contributed by atoms with Gasteiger partial charge in [0.25, 0.3) is 0 Å². The van der Waals surface area contributed by atoms with Crippen molar-refractivity contribution in [1.82, 2.24) is 10.2 Å². The first kappa shape index (κ1) is 27.7. The summed E-state index contributed by atoms with van der Waals surface area (Å²) in [6.07, 6.45) is -5.08. The maximum absolute atomic E-state index is 12.8. The Labute approximate surface area is 210 Å². The number of likely N-dealkylation sites (tertiary alicyclic amines) is 1. The Hall–Kier alpha value is -3.93. The van der Waals surface area contributed by atoms with Gasteiger partial charge in [-0.05, 0) is 35.7 Å². The third-order valence-corrected chi connectivity index (χ3v) is 6.55. The van der Waals surface area contributed by atoms with Crippen LogP contribution in [0, 0.1) is 11.8 Å². The minimum Gasteiger partial charge on any atom is -0.497 e. The van der Waals surface area contributed by atoms with Gasteiger partial charge in [-0.15, -0.1) is 0 Å². The number of halogens is 3. The van der Waals surface area contributed by atoms with Crippen LogP contribution in [0.15, 0.2) is 48.5 Å². The number of rotatable bonds is 4. The van der Waals surface area contributed by atoms with E-state index < -0.39 is 41.5 Å². The number of hydrogen-bond donors (Lipinski definition) is 2. The summed E-state index contributed by atoms with van der Waals surface area (Å²) in [5.41, 5.74) is 1.62. The lowest BCUT2D eigenvalue weighted by Gasteiger charge is -2.27. The van der Waals surface area contributed by atoms with E-state index in [1.54, 1.807) is 14.0 Å². The number of carbonyl (C=O) groups excluding carboxylic acids is 3. The third kappa shape index (κ3) is 5.15. The van der Waals surface area contributed by atoms with Gasteiger partial charge in [-0.3, -0.25) is 24.6 Å². The summed E-state index contributed by atoms with van der Waals surface area (Å²) in [6.45, 7) is 1.63. The van der Waals surface area contributed by atoms with Crippen LogP contribution in [-0.4, -0.2) is 66.7 Å². The molecule has 198 valence electrons. The Bertz CT molecular complexity index is 1200. The van der Waals surface area contributed by atoms with Crippen LogP contribution in [0.25, 0.3) is 11.1 Å². The zero-order chi connectivity index (χ0) is 27.7. The highest BCUT2D eigenvalue weighted by atomic mass is 19.4. The van der Waals surface area contributed by atoms with Crippen LogP contribution < -0.4 is 10.1 Å². The summed E-state index contributed by atoms with van der Waals surface area (Å²) < 4.78 is 41.9. The first-order valence-electron chi connectivity index (χ1n) is 11.0. The Morgan fingerprint density at radius 1 is 0.973 bits per heavy atom. The number of amides is 2. The second-order valence-electron chi connectivity index (χ2n) is 8.71. The zero-order valence-corrected chi connectivity index (χ0v) is 20.3. The lowest BCUT2D eigenvalue weighted by molar-refractivity contribution is -0.192. The van der Waals surface area contributed by atoms with Gasteiger partial charge in [-0.25, -0.2) is 4.79 Å². The van der Waals surface area contributed by atoms with Gasteiger partial charge in [0.15, 0.2) is 0 Å². The van der Waals surface area contributed by atoms with E-state index in [1.165, 1.54) is 14.2 Å². The van der Waals surface area contributed by atoms with Gasteiger partial charge in [0.2, 0.25) is 11.8 Å². The highest BCUT2D eigenvalue weighted by Crippen LogP contribution is 2.48. The molecule has 2 amide bonds. The van der Waals surface area contributed by atoms with E-state index in [1.807, 2.05) is 48.5 Å². The van der Waals surface area contributed by atoms with Crippen molar-refractivity contribution in [2.24, 2.45) is 11.8 Å². The molecule has 2 aliphatic rings. The molecule has 2 fully saturated rings. The van der Waals surface area contributed by atoms with E-state index in [-0.39, 0.29) is 11.8 Å². The summed E-state index contributed by atoms with van der Waals surface area (Å²) >= 11 is 0. The second kappa shape index (κ2) is 10.2. The molecule has 2 aliphatic heterocycles. The number of alkyl halides is 3. The fourth-order valence-corrected chi connectivity index (χ4v) is 4.64. The standard InChI is InChI=1S/C23H24N2O5.C2HF3O2/c1-23(22(28)30-4)18-17(20(26)25(2)21(18)27)19(24-23)15-7-5-13(6-8-15)14-9-11-16(29-3)12-10-14;3-2(4,5)1(6)7/h5-12,17-19,24H,1-4H3;(H,6,7)/t17?,18?,19?,23-;/m1./s1. The Morgan fingerprint density at radius 3 is 1.89 bits per heavy atom. The van der Waals surface area contributed by atoms with Crippen molar-refractivity contribution < 1.29 is 46.9 Å². The summed E-state index contributed by atoms with van der Waals surface area (Å²) in [5.74, 6) is -4.62. The van der Waals surface area contributed by atoms with E-state index >= 15 is 0 Å². The van der Waals surface area contributed by atoms with Gasteiger partial charge in [0.05, 0.1) is 26.1 Å². The van der Waals surface area contributed by atoms with Gasteiger partial charge in [0, 0.05) is 13.1 Å². The third-order valence-electron chi connectivity index (χ3n) is 6.55. The summed E-state index contributed by atoms with van der Waals surface area (Å²) in [5, 5.41) is 10.4. The largest absolute Gasteiger partial charge is 0.497 e. The van der Waals surface area contributed by atoms with Gasteiger partial charge in [0.1, 0.15) is 11.3 Å². The molecule has 2 saturated heterocycles. The summed E-state index contributed by atoms with van der Waals surface area (Å²) in [7, 11) is 4.37. The molecule has 3 unspecified atom stereocenters. The molecule has 2 heterocycles. The van der Waals surface area contributed by atoms with E-state index in [0.29, 0.717) is 0 Å². The average molecular weight is 522 g/mol.